The normalized spacial score (nSPS) is 35.1. The summed E-state index contributed by atoms with van der Waals surface area (Å²) < 4.78 is 0. The van der Waals surface area contributed by atoms with E-state index in [0.29, 0.717) is 17.8 Å². The topological polar surface area (TPSA) is 69.5 Å². The summed E-state index contributed by atoms with van der Waals surface area (Å²) in [6, 6.07) is 0. The zero-order chi connectivity index (χ0) is 16.5. The van der Waals surface area contributed by atoms with Crippen LogP contribution in [0.5, 0.6) is 0 Å². The van der Waals surface area contributed by atoms with E-state index in [1.54, 1.807) is 0 Å². The van der Waals surface area contributed by atoms with Crippen LogP contribution in [0, 0.1) is 11.8 Å². The van der Waals surface area contributed by atoms with Crippen molar-refractivity contribution in [1.82, 2.24) is 14.9 Å². The van der Waals surface area contributed by atoms with Gasteiger partial charge >= 0.3 is 0 Å². The van der Waals surface area contributed by atoms with Crippen LogP contribution in [0.3, 0.4) is 0 Å². The molecule has 0 amide bonds. The van der Waals surface area contributed by atoms with Gasteiger partial charge in [-0.05, 0) is 37.5 Å². The van der Waals surface area contributed by atoms with E-state index in [1.807, 2.05) is 12.4 Å². The smallest absolute Gasteiger partial charge is 0.131 e. The molecule has 132 valence electrons. The summed E-state index contributed by atoms with van der Waals surface area (Å²) in [5, 5.41) is 19.7. The van der Waals surface area contributed by atoms with Gasteiger partial charge in [0.25, 0.3) is 0 Å². The van der Waals surface area contributed by atoms with Crippen LogP contribution < -0.4 is 0 Å². The molecule has 4 atom stereocenters. The lowest BCUT2D eigenvalue weighted by atomic mass is 9.79. The number of hydrogen-bond acceptors (Lipinski definition) is 5. The second-order valence-corrected chi connectivity index (χ2v) is 8.10. The van der Waals surface area contributed by atoms with Crippen LogP contribution in [0.15, 0.2) is 12.4 Å². The predicted molar refractivity (Wildman–Crippen MR) is 91.4 cm³/mol. The fourth-order valence-electron chi connectivity index (χ4n) is 4.91. The van der Waals surface area contributed by atoms with Crippen molar-refractivity contribution in [3.05, 3.63) is 23.8 Å². The van der Waals surface area contributed by atoms with Gasteiger partial charge < -0.3 is 10.2 Å². The second-order valence-electron chi connectivity index (χ2n) is 8.10. The van der Waals surface area contributed by atoms with Crippen molar-refractivity contribution in [2.45, 2.75) is 69.6 Å². The van der Waals surface area contributed by atoms with Crippen LogP contribution in [0.4, 0.5) is 0 Å². The minimum Gasteiger partial charge on any atom is -0.390 e. The molecule has 2 aliphatic carbocycles. The highest BCUT2D eigenvalue weighted by molar-refractivity contribution is 5.09. The lowest BCUT2D eigenvalue weighted by Gasteiger charge is -2.32. The van der Waals surface area contributed by atoms with Crippen LogP contribution >= 0.6 is 0 Å². The molecule has 0 spiro atoms. The molecule has 2 saturated carbocycles. The molecule has 24 heavy (non-hydrogen) atoms. The van der Waals surface area contributed by atoms with Crippen LogP contribution in [-0.2, 0) is 6.54 Å². The Balaban J connectivity index is 1.34. The van der Waals surface area contributed by atoms with Gasteiger partial charge in [-0.25, -0.2) is 9.97 Å². The predicted octanol–water partition coefficient (Wildman–Crippen LogP) is 2.09. The zero-order valence-electron chi connectivity index (χ0n) is 14.3. The Labute approximate surface area is 144 Å². The van der Waals surface area contributed by atoms with Gasteiger partial charge in [-0.1, -0.05) is 19.3 Å². The molecular weight excluding hydrogens is 302 g/mol. The number of fused-ring (bicyclic) bond motifs is 1. The fourth-order valence-corrected chi connectivity index (χ4v) is 4.91. The SMILES string of the molecule is O[C@H]1C[C@@H]2CN(Cc3cnc(C4CCCCC4)nc3)C[C@@H]2C[C@@H]1O. The summed E-state index contributed by atoms with van der Waals surface area (Å²) in [7, 11) is 0. The summed E-state index contributed by atoms with van der Waals surface area (Å²) >= 11 is 0. The Morgan fingerprint density at radius 3 is 2.08 bits per heavy atom. The molecule has 2 heterocycles. The molecule has 0 radical (unpaired) electrons. The number of likely N-dealkylation sites (tertiary alicyclic amines) is 1. The molecule has 5 heteroatoms. The molecule has 1 aromatic heterocycles. The Hall–Kier alpha value is -1.04. The third-order valence-corrected chi connectivity index (χ3v) is 6.29. The van der Waals surface area contributed by atoms with Crippen LogP contribution in [0.2, 0.25) is 0 Å². The molecule has 1 aliphatic heterocycles. The Kier molecular flexibility index (Phi) is 4.83. The van der Waals surface area contributed by atoms with Gasteiger partial charge in [0.2, 0.25) is 0 Å². The fraction of sp³-hybridized carbons (Fsp3) is 0.789. The molecular formula is C19H29N3O2. The monoisotopic (exact) mass is 331 g/mol. The van der Waals surface area contributed by atoms with Gasteiger partial charge in [0.15, 0.2) is 0 Å². The van der Waals surface area contributed by atoms with E-state index in [0.717, 1.165) is 38.3 Å². The van der Waals surface area contributed by atoms with E-state index in [4.69, 9.17) is 0 Å². The number of hydrogen-bond donors (Lipinski definition) is 2. The lowest BCUT2D eigenvalue weighted by molar-refractivity contribution is -0.0372. The summed E-state index contributed by atoms with van der Waals surface area (Å²) in [5.41, 5.74) is 1.18. The molecule has 3 aliphatic rings. The first-order valence-corrected chi connectivity index (χ1v) is 9.58. The molecule has 5 nitrogen and oxygen atoms in total. The molecule has 0 bridgehead atoms. The highest BCUT2D eigenvalue weighted by atomic mass is 16.3. The Morgan fingerprint density at radius 2 is 1.50 bits per heavy atom. The first kappa shape index (κ1) is 16.4. The molecule has 0 aromatic carbocycles. The van der Waals surface area contributed by atoms with Crippen molar-refractivity contribution in [3.63, 3.8) is 0 Å². The van der Waals surface area contributed by atoms with Gasteiger partial charge in [-0.2, -0.15) is 0 Å². The zero-order valence-corrected chi connectivity index (χ0v) is 14.3. The van der Waals surface area contributed by atoms with Crippen molar-refractivity contribution in [2.24, 2.45) is 11.8 Å². The van der Waals surface area contributed by atoms with E-state index in [1.165, 1.54) is 37.7 Å². The summed E-state index contributed by atoms with van der Waals surface area (Å²) in [5.74, 6) is 2.63. The maximum Gasteiger partial charge on any atom is 0.131 e. The molecule has 2 N–H and O–H groups in total. The van der Waals surface area contributed by atoms with Crippen molar-refractivity contribution >= 4 is 0 Å². The third-order valence-electron chi connectivity index (χ3n) is 6.29. The van der Waals surface area contributed by atoms with Crippen molar-refractivity contribution in [1.29, 1.82) is 0 Å². The number of aliphatic hydroxyl groups excluding tert-OH is 2. The standard InChI is InChI=1S/C19H29N3O2/c23-17-6-15-11-22(12-16(15)7-18(17)24)10-13-8-20-19(21-9-13)14-4-2-1-3-5-14/h8-9,14-18,23-24H,1-7,10-12H2/t15-,16+,17-,18-/m0/s1. The summed E-state index contributed by atoms with van der Waals surface area (Å²) in [6.45, 7) is 2.90. The molecule has 1 aromatic rings. The van der Waals surface area contributed by atoms with Gasteiger partial charge in [0.1, 0.15) is 5.82 Å². The Bertz CT molecular complexity index is 526. The first-order valence-electron chi connectivity index (χ1n) is 9.58. The second kappa shape index (κ2) is 7.06. The van der Waals surface area contributed by atoms with E-state index in [9.17, 15) is 10.2 Å². The van der Waals surface area contributed by atoms with Crippen molar-refractivity contribution in [3.8, 4) is 0 Å². The average molecular weight is 331 g/mol. The van der Waals surface area contributed by atoms with Gasteiger partial charge in [-0.3, -0.25) is 4.90 Å². The van der Waals surface area contributed by atoms with Crippen LogP contribution in [0.25, 0.3) is 0 Å². The van der Waals surface area contributed by atoms with E-state index in [2.05, 4.69) is 14.9 Å². The Morgan fingerprint density at radius 1 is 0.917 bits per heavy atom. The number of aromatic nitrogens is 2. The first-order chi connectivity index (χ1) is 11.7. The molecule has 0 unspecified atom stereocenters. The molecule has 3 fully saturated rings. The van der Waals surface area contributed by atoms with Crippen molar-refractivity contribution in [2.75, 3.05) is 13.1 Å². The van der Waals surface area contributed by atoms with E-state index < -0.39 is 12.2 Å². The van der Waals surface area contributed by atoms with E-state index >= 15 is 0 Å². The maximum atomic E-state index is 9.87. The van der Waals surface area contributed by atoms with Crippen molar-refractivity contribution < 1.29 is 10.2 Å². The summed E-state index contributed by atoms with van der Waals surface area (Å²) in [4.78, 5) is 11.7. The molecule has 4 rings (SSSR count). The number of aliphatic hydroxyl groups is 2. The van der Waals surface area contributed by atoms with Gasteiger partial charge in [0, 0.05) is 43.5 Å². The minimum atomic E-state index is -0.538. The minimum absolute atomic E-state index is 0.519. The largest absolute Gasteiger partial charge is 0.390 e. The van der Waals surface area contributed by atoms with Gasteiger partial charge in [-0.15, -0.1) is 0 Å². The lowest BCUT2D eigenvalue weighted by Crippen LogP contribution is -2.38. The molecule has 1 saturated heterocycles. The quantitative estimate of drug-likeness (QED) is 0.887. The van der Waals surface area contributed by atoms with E-state index in [-0.39, 0.29) is 0 Å². The van der Waals surface area contributed by atoms with Gasteiger partial charge in [0.05, 0.1) is 12.2 Å². The van der Waals surface area contributed by atoms with Crippen LogP contribution in [0.1, 0.15) is 62.3 Å². The average Bonchev–Trinajstić information content (AvgIpc) is 2.98. The maximum absolute atomic E-state index is 9.87. The number of rotatable bonds is 3. The highest BCUT2D eigenvalue weighted by Gasteiger charge is 2.40. The number of nitrogens with zero attached hydrogens (tertiary/aromatic N) is 3. The highest BCUT2D eigenvalue weighted by Crippen LogP contribution is 2.37. The van der Waals surface area contributed by atoms with Crippen LogP contribution in [-0.4, -0.2) is 50.4 Å². The third kappa shape index (κ3) is 3.48. The summed E-state index contributed by atoms with van der Waals surface area (Å²) in [6.07, 6.45) is 10.8.